The zero-order valence-corrected chi connectivity index (χ0v) is 13.6. The van der Waals surface area contributed by atoms with Crippen molar-refractivity contribution >= 4 is 11.8 Å². The van der Waals surface area contributed by atoms with Crippen molar-refractivity contribution in [2.75, 3.05) is 31.6 Å². The summed E-state index contributed by atoms with van der Waals surface area (Å²) in [7, 11) is 0. The van der Waals surface area contributed by atoms with Crippen LogP contribution in [0.2, 0.25) is 0 Å². The molecule has 0 radical (unpaired) electrons. The molecule has 2 atom stereocenters. The highest BCUT2D eigenvalue weighted by molar-refractivity contribution is 7.98. The first-order valence-electron chi connectivity index (χ1n) is 7.35. The van der Waals surface area contributed by atoms with Gasteiger partial charge in [-0.25, -0.2) is 0 Å². The van der Waals surface area contributed by atoms with E-state index in [-0.39, 0.29) is 0 Å². The van der Waals surface area contributed by atoms with E-state index in [0.717, 1.165) is 5.92 Å². The lowest BCUT2D eigenvalue weighted by Gasteiger charge is -2.51. The van der Waals surface area contributed by atoms with Crippen molar-refractivity contribution in [3.8, 4) is 0 Å². The smallest absolute Gasteiger partial charge is 0.0335 e. The van der Waals surface area contributed by atoms with Crippen LogP contribution in [0.1, 0.15) is 40.5 Å². The monoisotopic (exact) mass is 270 g/mol. The van der Waals surface area contributed by atoms with E-state index in [1.807, 2.05) is 11.8 Å². The van der Waals surface area contributed by atoms with Crippen molar-refractivity contribution in [1.29, 1.82) is 0 Å². The van der Waals surface area contributed by atoms with Crippen LogP contribution in [0.4, 0.5) is 0 Å². The highest BCUT2D eigenvalue weighted by Crippen LogP contribution is 2.44. The van der Waals surface area contributed by atoms with E-state index < -0.39 is 0 Å². The summed E-state index contributed by atoms with van der Waals surface area (Å²) < 4.78 is 0. The maximum absolute atomic E-state index is 3.83. The number of nitrogens with zero attached hydrogens (tertiary/aromatic N) is 1. The Morgan fingerprint density at radius 1 is 1.33 bits per heavy atom. The Bertz CT molecular complexity index is 283. The molecule has 18 heavy (non-hydrogen) atoms. The van der Waals surface area contributed by atoms with Crippen LogP contribution in [0.15, 0.2) is 0 Å². The molecule has 0 bridgehead atoms. The normalized spacial score (nSPS) is 34.8. The van der Waals surface area contributed by atoms with Gasteiger partial charge in [0, 0.05) is 37.0 Å². The van der Waals surface area contributed by atoms with E-state index in [1.54, 1.807) is 0 Å². The Kier molecular flexibility index (Phi) is 4.35. The third kappa shape index (κ3) is 3.05. The van der Waals surface area contributed by atoms with Crippen LogP contribution in [0, 0.1) is 11.3 Å². The molecule has 0 amide bonds. The number of hydrogen-bond acceptors (Lipinski definition) is 3. The summed E-state index contributed by atoms with van der Waals surface area (Å²) in [6, 6.07) is 0.631. The molecule has 1 heterocycles. The summed E-state index contributed by atoms with van der Waals surface area (Å²) in [5.41, 5.74) is 0.778. The average molecular weight is 270 g/mol. The van der Waals surface area contributed by atoms with E-state index in [9.17, 15) is 0 Å². The fourth-order valence-electron chi connectivity index (χ4n) is 3.17. The first-order chi connectivity index (χ1) is 8.38. The van der Waals surface area contributed by atoms with Gasteiger partial charge in [-0.05, 0) is 37.4 Å². The minimum atomic E-state index is 0.364. The summed E-state index contributed by atoms with van der Waals surface area (Å²) in [6.45, 7) is 13.2. The van der Waals surface area contributed by atoms with Crippen LogP contribution < -0.4 is 5.32 Å². The molecule has 1 saturated heterocycles. The number of nitrogens with one attached hydrogen (secondary N) is 1. The van der Waals surface area contributed by atoms with Gasteiger partial charge < -0.3 is 5.32 Å². The molecule has 1 N–H and O–H groups in total. The highest BCUT2D eigenvalue weighted by atomic mass is 32.2. The lowest BCUT2D eigenvalue weighted by Crippen LogP contribution is -2.67. The van der Waals surface area contributed by atoms with Crippen molar-refractivity contribution in [3.63, 3.8) is 0 Å². The van der Waals surface area contributed by atoms with E-state index in [0.29, 0.717) is 17.0 Å². The second-order valence-electron chi connectivity index (χ2n) is 7.37. The molecule has 2 fully saturated rings. The summed E-state index contributed by atoms with van der Waals surface area (Å²) in [5, 5.41) is 3.83. The quantitative estimate of drug-likeness (QED) is 0.846. The average Bonchev–Trinajstić information content (AvgIpc) is 3.10. The lowest BCUT2D eigenvalue weighted by molar-refractivity contribution is 0.0156. The summed E-state index contributed by atoms with van der Waals surface area (Å²) in [4.78, 5) is 2.79. The number of rotatable bonds is 4. The van der Waals surface area contributed by atoms with Crippen LogP contribution in [-0.2, 0) is 0 Å². The lowest BCUT2D eigenvalue weighted by atomic mass is 9.81. The van der Waals surface area contributed by atoms with Gasteiger partial charge in [-0.1, -0.05) is 20.8 Å². The maximum Gasteiger partial charge on any atom is 0.0335 e. The molecule has 2 aliphatic rings. The molecule has 3 heteroatoms. The predicted octanol–water partition coefficient (Wildman–Crippen LogP) is 2.84. The molecule has 0 aromatic carbocycles. The fourth-order valence-corrected chi connectivity index (χ4v) is 3.57. The molecular formula is C15H30N2S. The molecule has 0 aromatic rings. The first kappa shape index (κ1) is 14.7. The maximum atomic E-state index is 3.83. The largest absolute Gasteiger partial charge is 0.310 e. The van der Waals surface area contributed by atoms with Gasteiger partial charge in [0.05, 0.1) is 0 Å². The van der Waals surface area contributed by atoms with E-state index >= 15 is 0 Å². The van der Waals surface area contributed by atoms with Gasteiger partial charge in [0.2, 0.25) is 0 Å². The first-order valence-corrected chi connectivity index (χ1v) is 8.74. The van der Waals surface area contributed by atoms with Crippen LogP contribution in [0.5, 0.6) is 0 Å². The van der Waals surface area contributed by atoms with Gasteiger partial charge in [-0.15, -0.1) is 0 Å². The minimum absolute atomic E-state index is 0.364. The van der Waals surface area contributed by atoms with Gasteiger partial charge in [-0.3, -0.25) is 4.90 Å². The van der Waals surface area contributed by atoms with E-state index in [4.69, 9.17) is 0 Å². The Labute approximate surface area is 117 Å². The van der Waals surface area contributed by atoms with Gasteiger partial charge in [0.1, 0.15) is 0 Å². The molecule has 0 aromatic heterocycles. The molecule has 0 spiro atoms. The molecule has 2 unspecified atom stereocenters. The Balaban J connectivity index is 2.05. The van der Waals surface area contributed by atoms with Crippen molar-refractivity contribution in [1.82, 2.24) is 10.2 Å². The van der Waals surface area contributed by atoms with Crippen molar-refractivity contribution in [2.45, 2.75) is 52.1 Å². The highest BCUT2D eigenvalue weighted by Gasteiger charge is 2.49. The molecule has 2 rings (SSSR count). The van der Waals surface area contributed by atoms with Crippen molar-refractivity contribution < 1.29 is 0 Å². The molecular weight excluding hydrogens is 240 g/mol. The summed E-state index contributed by atoms with van der Waals surface area (Å²) >= 11 is 1.97. The van der Waals surface area contributed by atoms with Crippen LogP contribution in [-0.4, -0.2) is 48.1 Å². The minimum Gasteiger partial charge on any atom is -0.310 e. The van der Waals surface area contributed by atoms with Gasteiger partial charge in [0.15, 0.2) is 0 Å². The Morgan fingerprint density at radius 2 is 2.00 bits per heavy atom. The zero-order chi connectivity index (χ0) is 13.4. The molecule has 1 aliphatic carbocycles. The van der Waals surface area contributed by atoms with Gasteiger partial charge in [0.25, 0.3) is 0 Å². The fraction of sp³-hybridized carbons (Fsp3) is 1.00. The summed E-state index contributed by atoms with van der Waals surface area (Å²) in [6.07, 6.45) is 5.10. The van der Waals surface area contributed by atoms with Crippen LogP contribution in [0.25, 0.3) is 0 Å². The molecule has 106 valence electrons. The molecule has 1 aliphatic heterocycles. The Morgan fingerprint density at radius 3 is 2.50 bits per heavy atom. The van der Waals surface area contributed by atoms with Crippen molar-refractivity contribution in [2.24, 2.45) is 11.3 Å². The SMILES string of the molecule is CSCCN1CC(C(C)(C)C)NCC1(C)C1CC1. The second-order valence-corrected chi connectivity index (χ2v) is 8.36. The Hall–Kier alpha value is 0.270. The third-order valence-corrected chi connectivity index (χ3v) is 5.49. The van der Waals surface area contributed by atoms with Gasteiger partial charge >= 0.3 is 0 Å². The predicted molar refractivity (Wildman–Crippen MR) is 82.3 cm³/mol. The molecule has 1 saturated carbocycles. The molecule has 2 nitrogen and oxygen atoms in total. The summed E-state index contributed by atoms with van der Waals surface area (Å²) in [5.74, 6) is 2.20. The van der Waals surface area contributed by atoms with Crippen LogP contribution in [0.3, 0.4) is 0 Å². The van der Waals surface area contributed by atoms with E-state index in [2.05, 4.69) is 44.2 Å². The number of thioether (sulfide) groups is 1. The standard InChI is InChI=1S/C15H30N2S/c1-14(2,3)13-10-17(8-9-18-5)15(4,11-16-13)12-6-7-12/h12-13,16H,6-11H2,1-5H3. The number of hydrogen-bond donors (Lipinski definition) is 1. The van der Waals surface area contributed by atoms with Crippen molar-refractivity contribution in [3.05, 3.63) is 0 Å². The van der Waals surface area contributed by atoms with Gasteiger partial charge in [-0.2, -0.15) is 11.8 Å². The second kappa shape index (κ2) is 5.34. The van der Waals surface area contributed by atoms with Crippen LogP contribution >= 0.6 is 11.8 Å². The zero-order valence-electron chi connectivity index (χ0n) is 12.8. The third-order valence-electron chi connectivity index (χ3n) is 4.90. The van der Waals surface area contributed by atoms with E-state index in [1.165, 1.54) is 38.2 Å². The number of piperazine rings is 1. The topological polar surface area (TPSA) is 15.3 Å².